The zero-order chi connectivity index (χ0) is 21.0. The van der Waals surface area contributed by atoms with Gasteiger partial charge in [-0.05, 0) is 44.5 Å². The highest BCUT2D eigenvalue weighted by Crippen LogP contribution is 2.36. The Morgan fingerprint density at radius 2 is 1.90 bits per heavy atom. The molecular weight excluding hydrogens is 388 g/mol. The van der Waals surface area contributed by atoms with Crippen molar-refractivity contribution in [1.82, 2.24) is 4.90 Å². The molecule has 1 heterocycles. The van der Waals surface area contributed by atoms with Gasteiger partial charge in [-0.2, -0.15) is 0 Å². The lowest BCUT2D eigenvalue weighted by Gasteiger charge is -2.26. The summed E-state index contributed by atoms with van der Waals surface area (Å²) in [6.45, 7) is 5.79. The monoisotopic (exact) mass is 412 g/mol. The molecule has 7 heteroatoms. The maximum Gasteiger partial charge on any atom is 0.338 e. The van der Waals surface area contributed by atoms with Crippen molar-refractivity contribution < 1.29 is 19.1 Å². The van der Waals surface area contributed by atoms with E-state index in [4.69, 9.17) is 4.74 Å². The van der Waals surface area contributed by atoms with E-state index in [0.717, 1.165) is 10.5 Å². The van der Waals surface area contributed by atoms with Crippen molar-refractivity contribution in [3.05, 3.63) is 59.7 Å². The Labute approximate surface area is 174 Å². The summed E-state index contributed by atoms with van der Waals surface area (Å²) in [6, 6.07) is 14.7. The first-order valence-corrected chi connectivity index (χ1v) is 10.3. The number of carbonyl (C=O) groups excluding carboxylic acids is 3. The predicted molar refractivity (Wildman–Crippen MR) is 113 cm³/mol. The van der Waals surface area contributed by atoms with Crippen LogP contribution in [0.15, 0.2) is 53.4 Å². The van der Waals surface area contributed by atoms with Crippen LogP contribution in [0.5, 0.6) is 0 Å². The molecule has 0 bridgehead atoms. The average Bonchev–Trinajstić information content (AvgIpc) is 2.71. The van der Waals surface area contributed by atoms with Crippen LogP contribution in [-0.4, -0.2) is 40.6 Å². The fourth-order valence-corrected chi connectivity index (χ4v) is 3.90. The second kappa shape index (κ2) is 9.13. The van der Waals surface area contributed by atoms with E-state index < -0.39 is 5.97 Å². The second-order valence-electron chi connectivity index (χ2n) is 7.14. The number of esters is 1. The number of amides is 2. The molecule has 1 N–H and O–H groups in total. The Morgan fingerprint density at radius 3 is 2.59 bits per heavy atom. The zero-order valence-corrected chi connectivity index (χ0v) is 17.5. The van der Waals surface area contributed by atoms with Gasteiger partial charge in [-0.15, -0.1) is 11.8 Å². The molecule has 0 aromatic heterocycles. The molecule has 0 fully saturated rings. The van der Waals surface area contributed by atoms with Gasteiger partial charge in [0.25, 0.3) is 5.91 Å². The normalized spacial score (nSPS) is 15.4. The van der Waals surface area contributed by atoms with Crippen molar-refractivity contribution >= 4 is 35.2 Å². The topological polar surface area (TPSA) is 75.7 Å². The summed E-state index contributed by atoms with van der Waals surface area (Å²) in [6.07, 6.45) is 0. The van der Waals surface area contributed by atoms with Crippen LogP contribution in [0.3, 0.4) is 0 Å². The van der Waals surface area contributed by atoms with Crippen molar-refractivity contribution in [1.29, 1.82) is 0 Å². The Morgan fingerprint density at radius 1 is 1.17 bits per heavy atom. The number of hydrogen-bond acceptors (Lipinski definition) is 5. The molecule has 0 radical (unpaired) electrons. The summed E-state index contributed by atoms with van der Waals surface area (Å²) in [7, 11) is 0. The van der Waals surface area contributed by atoms with E-state index in [1.54, 1.807) is 23.1 Å². The van der Waals surface area contributed by atoms with Gasteiger partial charge in [-0.1, -0.05) is 30.3 Å². The first kappa shape index (κ1) is 20.9. The third-order valence-electron chi connectivity index (χ3n) is 4.61. The maximum atomic E-state index is 12.6. The van der Waals surface area contributed by atoms with Gasteiger partial charge < -0.3 is 15.0 Å². The van der Waals surface area contributed by atoms with Gasteiger partial charge in [0.05, 0.1) is 16.5 Å². The molecule has 0 saturated carbocycles. The largest absolute Gasteiger partial charge is 0.452 e. The molecule has 1 aliphatic heterocycles. The lowest BCUT2D eigenvalue weighted by atomic mass is 10.2. The van der Waals surface area contributed by atoms with Crippen LogP contribution in [0.2, 0.25) is 0 Å². The van der Waals surface area contributed by atoms with Crippen LogP contribution >= 0.6 is 11.8 Å². The summed E-state index contributed by atoms with van der Waals surface area (Å²) in [5.74, 6) is -0.952. The van der Waals surface area contributed by atoms with Gasteiger partial charge in [-0.3, -0.25) is 9.59 Å². The number of nitrogens with one attached hydrogen (secondary N) is 1. The summed E-state index contributed by atoms with van der Waals surface area (Å²) in [5, 5.41) is 2.61. The van der Waals surface area contributed by atoms with Crippen molar-refractivity contribution in [3.63, 3.8) is 0 Å². The molecule has 2 aromatic rings. The number of carbonyl (C=O) groups is 3. The Bertz CT molecular complexity index is 914. The standard InChI is InChI=1S/C22H24N2O4S/c1-14(2)24(12-16-7-5-4-6-8-16)20(25)13-28-22(27)17-9-10-19-18(11-17)23-21(26)15(3)29-19/h4-11,14-15H,12-13H2,1-3H3,(H,23,26). The smallest absolute Gasteiger partial charge is 0.338 e. The lowest BCUT2D eigenvalue weighted by molar-refractivity contribution is -0.137. The van der Waals surface area contributed by atoms with Crippen LogP contribution in [0.4, 0.5) is 5.69 Å². The highest BCUT2D eigenvalue weighted by atomic mass is 32.2. The van der Waals surface area contributed by atoms with E-state index in [0.29, 0.717) is 17.8 Å². The highest BCUT2D eigenvalue weighted by molar-refractivity contribution is 8.00. The number of benzene rings is 2. The summed E-state index contributed by atoms with van der Waals surface area (Å²) >= 11 is 1.44. The minimum absolute atomic E-state index is 0.0284. The molecule has 6 nitrogen and oxygen atoms in total. The molecule has 0 spiro atoms. The lowest BCUT2D eigenvalue weighted by Crippen LogP contribution is -2.39. The van der Waals surface area contributed by atoms with E-state index in [-0.39, 0.29) is 29.7 Å². The maximum absolute atomic E-state index is 12.6. The van der Waals surface area contributed by atoms with Crippen LogP contribution in [0.1, 0.15) is 36.7 Å². The van der Waals surface area contributed by atoms with Crippen molar-refractivity contribution in [3.8, 4) is 0 Å². The molecular formula is C22H24N2O4S. The van der Waals surface area contributed by atoms with E-state index in [1.807, 2.05) is 51.1 Å². The first-order chi connectivity index (χ1) is 13.8. The van der Waals surface area contributed by atoms with Crippen LogP contribution in [-0.2, 0) is 20.9 Å². The molecule has 0 saturated heterocycles. The third-order valence-corrected chi connectivity index (χ3v) is 5.79. The van der Waals surface area contributed by atoms with E-state index in [2.05, 4.69) is 5.32 Å². The first-order valence-electron chi connectivity index (χ1n) is 9.47. The second-order valence-corrected chi connectivity index (χ2v) is 8.52. The number of anilines is 1. The fourth-order valence-electron chi connectivity index (χ4n) is 2.97. The third kappa shape index (κ3) is 5.17. The Balaban J connectivity index is 1.62. The predicted octanol–water partition coefficient (Wildman–Crippen LogP) is 3.71. The Kier molecular flexibility index (Phi) is 6.59. The molecule has 0 aliphatic carbocycles. The van der Waals surface area contributed by atoms with Gasteiger partial charge in [0, 0.05) is 17.5 Å². The van der Waals surface area contributed by atoms with E-state index >= 15 is 0 Å². The molecule has 1 aliphatic rings. The fraction of sp³-hybridized carbons (Fsp3) is 0.318. The minimum atomic E-state index is -0.595. The molecule has 2 aromatic carbocycles. The van der Waals surface area contributed by atoms with Crippen LogP contribution < -0.4 is 5.32 Å². The highest BCUT2D eigenvalue weighted by Gasteiger charge is 2.24. The summed E-state index contributed by atoms with van der Waals surface area (Å²) in [4.78, 5) is 39.5. The molecule has 1 atom stereocenters. The number of ether oxygens (including phenoxy) is 1. The SMILES string of the molecule is CC1Sc2ccc(C(=O)OCC(=O)N(Cc3ccccc3)C(C)C)cc2NC1=O. The molecule has 3 rings (SSSR count). The number of hydrogen-bond donors (Lipinski definition) is 1. The number of nitrogens with zero attached hydrogens (tertiary/aromatic N) is 1. The quantitative estimate of drug-likeness (QED) is 0.732. The molecule has 1 unspecified atom stereocenters. The van der Waals surface area contributed by atoms with Crippen molar-refractivity contribution in [2.75, 3.05) is 11.9 Å². The zero-order valence-electron chi connectivity index (χ0n) is 16.7. The average molecular weight is 413 g/mol. The number of rotatable bonds is 6. The minimum Gasteiger partial charge on any atom is -0.452 e. The number of thioether (sulfide) groups is 1. The van der Waals surface area contributed by atoms with Crippen molar-refractivity contribution in [2.24, 2.45) is 0 Å². The van der Waals surface area contributed by atoms with Crippen LogP contribution in [0.25, 0.3) is 0 Å². The van der Waals surface area contributed by atoms with Gasteiger partial charge >= 0.3 is 5.97 Å². The van der Waals surface area contributed by atoms with Gasteiger partial charge in [0.2, 0.25) is 5.91 Å². The van der Waals surface area contributed by atoms with Gasteiger partial charge in [0.1, 0.15) is 0 Å². The van der Waals surface area contributed by atoms with Crippen molar-refractivity contribution in [2.45, 2.75) is 43.5 Å². The summed E-state index contributed by atoms with van der Waals surface area (Å²) in [5.41, 5.74) is 1.90. The van der Waals surface area contributed by atoms with Crippen LogP contribution in [0, 0.1) is 0 Å². The van der Waals surface area contributed by atoms with Gasteiger partial charge in [-0.25, -0.2) is 4.79 Å². The van der Waals surface area contributed by atoms with E-state index in [1.165, 1.54) is 11.8 Å². The molecule has 29 heavy (non-hydrogen) atoms. The molecule has 2 amide bonds. The summed E-state index contributed by atoms with van der Waals surface area (Å²) < 4.78 is 5.25. The van der Waals surface area contributed by atoms with E-state index in [9.17, 15) is 14.4 Å². The Hall–Kier alpha value is -2.80. The molecule has 152 valence electrons. The van der Waals surface area contributed by atoms with Gasteiger partial charge in [0.15, 0.2) is 6.61 Å². The number of fused-ring (bicyclic) bond motifs is 1.